The number of hydrogen-bond donors (Lipinski definition) is 2. The number of aromatic nitrogens is 4. The number of fused-ring (bicyclic) bond motifs is 2. The Bertz CT molecular complexity index is 1170. The van der Waals surface area contributed by atoms with Crippen LogP contribution in [0.1, 0.15) is 67.0 Å². The molecule has 152 valence electrons. The third-order valence-corrected chi connectivity index (χ3v) is 7.61. The molecule has 0 aromatic carbocycles. The van der Waals surface area contributed by atoms with Crippen LogP contribution in [0.2, 0.25) is 0 Å². The summed E-state index contributed by atoms with van der Waals surface area (Å²) >= 11 is 1.99. The summed E-state index contributed by atoms with van der Waals surface area (Å²) in [6.45, 7) is 11.3. The van der Waals surface area contributed by atoms with Gasteiger partial charge in [-0.1, -0.05) is 20.8 Å². The van der Waals surface area contributed by atoms with Crippen molar-refractivity contribution in [3.8, 4) is 11.3 Å². The van der Waals surface area contributed by atoms with Crippen molar-refractivity contribution in [2.45, 2.75) is 58.8 Å². The Morgan fingerprint density at radius 3 is 2.79 bits per heavy atom. The van der Waals surface area contributed by atoms with Crippen molar-refractivity contribution in [1.82, 2.24) is 24.9 Å². The van der Waals surface area contributed by atoms with Crippen molar-refractivity contribution in [2.24, 2.45) is 0 Å². The van der Waals surface area contributed by atoms with E-state index >= 15 is 0 Å². The van der Waals surface area contributed by atoms with E-state index in [0.29, 0.717) is 11.8 Å². The Kier molecular flexibility index (Phi) is 4.71. The molecule has 0 spiro atoms. The largest absolute Gasteiger partial charge is 0.346 e. The van der Waals surface area contributed by atoms with Crippen LogP contribution in [0.3, 0.4) is 0 Å². The van der Waals surface area contributed by atoms with Crippen LogP contribution in [0.25, 0.3) is 27.1 Å². The fourth-order valence-corrected chi connectivity index (χ4v) is 6.44. The summed E-state index contributed by atoms with van der Waals surface area (Å²) in [5.41, 5.74) is 7.54. The molecule has 1 fully saturated rings. The molecule has 0 amide bonds. The average Bonchev–Trinajstić information content (AvgIpc) is 3.41. The maximum absolute atomic E-state index is 4.38. The topological polar surface area (TPSA) is 58.0 Å². The first kappa shape index (κ1) is 18.8. The highest BCUT2D eigenvalue weighted by Crippen LogP contribution is 2.46. The number of hydrogen-bond acceptors (Lipinski definition) is 4. The van der Waals surface area contributed by atoms with E-state index in [1.54, 1.807) is 16.8 Å². The number of nitrogens with one attached hydrogen (secondary N) is 2. The lowest BCUT2D eigenvalue weighted by Crippen LogP contribution is -2.26. The van der Waals surface area contributed by atoms with E-state index in [2.05, 4.69) is 60.3 Å². The van der Waals surface area contributed by atoms with Gasteiger partial charge in [-0.3, -0.25) is 0 Å². The molecule has 0 atom stereocenters. The first-order chi connectivity index (χ1) is 14.1. The number of H-pyrrole nitrogens is 1. The Morgan fingerprint density at radius 2 is 2.07 bits per heavy atom. The van der Waals surface area contributed by atoms with Gasteiger partial charge >= 0.3 is 0 Å². The van der Waals surface area contributed by atoms with Gasteiger partial charge in [0.1, 0.15) is 11.2 Å². The van der Waals surface area contributed by atoms with E-state index in [0.717, 1.165) is 30.7 Å². The van der Waals surface area contributed by atoms with E-state index in [-0.39, 0.29) is 0 Å². The first-order valence-electron chi connectivity index (χ1n) is 10.8. The molecule has 0 saturated carbocycles. The number of aryl methyl sites for hydroxylation is 2. The zero-order valence-electron chi connectivity index (χ0n) is 17.7. The fourth-order valence-electron chi connectivity index (χ4n) is 4.96. The van der Waals surface area contributed by atoms with Crippen LogP contribution in [-0.2, 0) is 6.42 Å². The lowest BCUT2D eigenvalue weighted by Gasteiger charge is -2.23. The van der Waals surface area contributed by atoms with Gasteiger partial charge in [-0.25, -0.2) is 9.50 Å². The van der Waals surface area contributed by atoms with Gasteiger partial charge in [-0.15, -0.1) is 11.3 Å². The number of piperidine rings is 1. The number of thiophene rings is 1. The molecular formula is C23H29N5S. The summed E-state index contributed by atoms with van der Waals surface area (Å²) in [6.07, 6.45) is 7.33. The smallest absolute Gasteiger partial charge is 0.158 e. The third-order valence-electron chi connectivity index (χ3n) is 6.30. The lowest BCUT2D eigenvalue weighted by atomic mass is 9.89. The van der Waals surface area contributed by atoms with Crippen molar-refractivity contribution in [2.75, 3.05) is 13.1 Å². The van der Waals surface area contributed by atoms with Gasteiger partial charge in [-0.05, 0) is 73.9 Å². The summed E-state index contributed by atoms with van der Waals surface area (Å²) in [4.78, 5) is 11.1. The van der Waals surface area contributed by atoms with Crippen LogP contribution in [0.15, 0.2) is 18.6 Å². The Labute approximate surface area is 175 Å². The summed E-state index contributed by atoms with van der Waals surface area (Å²) in [6, 6.07) is 2.24. The van der Waals surface area contributed by atoms with Crippen LogP contribution in [0.4, 0.5) is 0 Å². The molecule has 2 N–H and O–H groups in total. The van der Waals surface area contributed by atoms with Crippen molar-refractivity contribution in [3.63, 3.8) is 0 Å². The highest BCUT2D eigenvalue weighted by Gasteiger charge is 2.27. The monoisotopic (exact) mass is 407 g/mol. The van der Waals surface area contributed by atoms with Gasteiger partial charge in [0.15, 0.2) is 5.65 Å². The minimum Gasteiger partial charge on any atom is -0.346 e. The molecule has 29 heavy (non-hydrogen) atoms. The average molecular weight is 408 g/mol. The summed E-state index contributed by atoms with van der Waals surface area (Å²) in [5.74, 6) is 1.15. The third kappa shape index (κ3) is 3.01. The van der Waals surface area contributed by atoms with Crippen molar-refractivity contribution in [3.05, 3.63) is 40.2 Å². The second-order valence-electron chi connectivity index (χ2n) is 8.54. The second kappa shape index (κ2) is 7.26. The van der Waals surface area contributed by atoms with Crippen molar-refractivity contribution < 1.29 is 0 Å². The highest BCUT2D eigenvalue weighted by atomic mass is 32.1. The van der Waals surface area contributed by atoms with Gasteiger partial charge in [0.2, 0.25) is 0 Å². The van der Waals surface area contributed by atoms with Crippen LogP contribution in [0.5, 0.6) is 0 Å². The van der Waals surface area contributed by atoms with Gasteiger partial charge < -0.3 is 10.3 Å². The molecular weight excluding hydrogens is 378 g/mol. The first-order valence-corrected chi connectivity index (χ1v) is 11.6. The quantitative estimate of drug-likeness (QED) is 0.476. The Morgan fingerprint density at radius 1 is 1.28 bits per heavy atom. The molecule has 5 heterocycles. The number of rotatable bonds is 4. The van der Waals surface area contributed by atoms with Crippen molar-refractivity contribution in [1.29, 1.82) is 0 Å². The Hall–Kier alpha value is -2.18. The van der Waals surface area contributed by atoms with E-state index in [9.17, 15) is 0 Å². The number of aromatic amines is 1. The zero-order chi connectivity index (χ0) is 20.1. The van der Waals surface area contributed by atoms with Gasteiger partial charge in [0.25, 0.3) is 0 Å². The lowest BCUT2D eigenvalue weighted by molar-refractivity contribution is 0.463. The molecule has 5 nitrogen and oxygen atoms in total. The van der Waals surface area contributed by atoms with Gasteiger partial charge in [-0.2, -0.15) is 5.10 Å². The minimum absolute atomic E-state index is 0.450. The highest BCUT2D eigenvalue weighted by molar-refractivity contribution is 7.19. The molecule has 1 aliphatic rings. The molecule has 0 radical (unpaired) electrons. The van der Waals surface area contributed by atoms with Crippen LogP contribution >= 0.6 is 11.3 Å². The zero-order valence-corrected chi connectivity index (χ0v) is 18.5. The predicted octanol–water partition coefficient (Wildman–Crippen LogP) is 5.40. The molecule has 0 unspecified atom stereocenters. The van der Waals surface area contributed by atoms with Gasteiger partial charge in [0, 0.05) is 22.0 Å². The van der Waals surface area contributed by atoms with Crippen LogP contribution in [0, 0.1) is 6.92 Å². The maximum atomic E-state index is 4.38. The van der Waals surface area contributed by atoms with Gasteiger partial charge in [0.05, 0.1) is 5.69 Å². The summed E-state index contributed by atoms with van der Waals surface area (Å²) in [5, 5.41) is 9.37. The number of nitrogens with zero attached hydrogens (tertiary/aromatic N) is 3. The van der Waals surface area contributed by atoms with Crippen molar-refractivity contribution >= 4 is 27.2 Å². The molecule has 0 aliphatic carbocycles. The second-order valence-corrected chi connectivity index (χ2v) is 9.59. The molecule has 6 heteroatoms. The standard InChI is InChI=1S/C23H29N5S/c1-5-17-19-18(13(2)3)20(16-10-14(4)22-25-12-26-28(22)11-16)27-23(19)29-21(17)15-6-8-24-9-7-15/h10-13,15,24,27H,5-9H2,1-4H3. The van der Waals surface area contributed by atoms with Crippen LogP contribution < -0.4 is 5.32 Å². The fraction of sp³-hybridized carbons (Fsp3) is 0.478. The predicted molar refractivity (Wildman–Crippen MR) is 121 cm³/mol. The SMILES string of the molecule is CCc1c(C2CCNCC2)sc2[nH]c(-c3cc(C)c4ncnn4c3)c(C(C)C)c12. The number of pyridine rings is 1. The summed E-state index contributed by atoms with van der Waals surface area (Å²) in [7, 11) is 0. The van der Waals surface area contributed by atoms with E-state index in [1.165, 1.54) is 39.9 Å². The van der Waals surface area contributed by atoms with E-state index < -0.39 is 0 Å². The Balaban J connectivity index is 1.72. The van der Waals surface area contributed by atoms with Crippen LogP contribution in [-0.4, -0.2) is 32.7 Å². The molecule has 1 aliphatic heterocycles. The molecule has 4 aromatic heterocycles. The molecule has 5 rings (SSSR count). The maximum Gasteiger partial charge on any atom is 0.158 e. The minimum atomic E-state index is 0.450. The normalized spacial score (nSPS) is 15.9. The molecule has 1 saturated heterocycles. The molecule has 4 aromatic rings. The van der Waals surface area contributed by atoms with E-state index in [4.69, 9.17) is 0 Å². The summed E-state index contributed by atoms with van der Waals surface area (Å²) < 4.78 is 1.89. The van der Waals surface area contributed by atoms with E-state index in [1.807, 2.05) is 15.9 Å². The molecule has 0 bridgehead atoms.